The second-order valence-electron chi connectivity index (χ2n) is 5.69. The van der Waals surface area contributed by atoms with Gasteiger partial charge in [0.1, 0.15) is 5.75 Å². The van der Waals surface area contributed by atoms with Crippen molar-refractivity contribution in [3.8, 4) is 0 Å². The van der Waals surface area contributed by atoms with Gasteiger partial charge < -0.3 is 4.74 Å². The molecule has 0 atom stereocenters. The van der Waals surface area contributed by atoms with Gasteiger partial charge in [-0.1, -0.05) is 6.07 Å². The predicted octanol–water partition coefficient (Wildman–Crippen LogP) is 3.52. The molecule has 1 N–H and O–H groups in total. The quantitative estimate of drug-likeness (QED) is 0.469. The number of aryl methyl sites for hydroxylation is 2. The molecule has 5 nitrogen and oxygen atoms in total. The zero-order valence-electron chi connectivity index (χ0n) is 13.6. The Hall–Kier alpha value is -1.82. The smallest absolute Gasteiger partial charge is 0.435 e. The van der Waals surface area contributed by atoms with E-state index >= 15 is 0 Å². The molecule has 0 saturated heterocycles. The molecule has 0 bridgehead atoms. The molecule has 0 unspecified atom stereocenters. The number of benzene rings is 1. The van der Waals surface area contributed by atoms with Gasteiger partial charge in [-0.15, -0.1) is 0 Å². The van der Waals surface area contributed by atoms with E-state index in [1.807, 2.05) is 0 Å². The number of hydrogen-bond donors (Lipinski definition) is 1. The van der Waals surface area contributed by atoms with Gasteiger partial charge in [0.25, 0.3) is 10.1 Å². The third kappa shape index (κ3) is 4.47. The van der Waals surface area contributed by atoms with Crippen molar-refractivity contribution in [2.24, 2.45) is 0 Å². The van der Waals surface area contributed by atoms with Crippen molar-refractivity contribution < 1.29 is 48.8 Å². The van der Waals surface area contributed by atoms with Crippen LogP contribution in [0.2, 0.25) is 0 Å². The van der Waals surface area contributed by atoms with Crippen LogP contribution in [0, 0.1) is 20.8 Å². The van der Waals surface area contributed by atoms with Gasteiger partial charge in [0.2, 0.25) is 0 Å². The molecule has 26 heavy (non-hydrogen) atoms. The van der Waals surface area contributed by atoms with E-state index in [-0.39, 0.29) is 5.56 Å². The highest BCUT2D eigenvalue weighted by Crippen LogP contribution is 2.47. The SMILES string of the molecule is Cc1cc(C)c(C)c(C(=O)OC(CS(=O)(=O)O)(C(F)(F)F)C(F)(F)F)c1. The molecule has 0 aliphatic heterocycles. The highest BCUT2D eigenvalue weighted by molar-refractivity contribution is 7.85. The average molecular weight is 408 g/mol. The van der Waals surface area contributed by atoms with Crippen LogP contribution in [0.25, 0.3) is 0 Å². The number of rotatable bonds is 4. The molecule has 1 rings (SSSR count). The standard InChI is InChI=1S/C14H14F6O5S/c1-7-4-8(2)9(3)10(5-7)11(21)25-12(13(15,16)17,14(18,19)20)6-26(22,23)24/h4-5H,6H2,1-3H3,(H,22,23,24). The molecule has 0 amide bonds. The topological polar surface area (TPSA) is 80.7 Å². The van der Waals surface area contributed by atoms with E-state index in [4.69, 9.17) is 4.55 Å². The molecular weight excluding hydrogens is 394 g/mol. The summed E-state index contributed by atoms with van der Waals surface area (Å²) in [5, 5.41) is 0. The third-order valence-corrected chi connectivity index (χ3v) is 4.37. The normalized spacial score (nSPS) is 13.6. The maximum atomic E-state index is 13.2. The van der Waals surface area contributed by atoms with Gasteiger partial charge in [0.15, 0.2) is 0 Å². The van der Waals surface area contributed by atoms with E-state index in [0.717, 1.165) is 6.07 Å². The largest absolute Gasteiger partial charge is 0.438 e. The lowest BCUT2D eigenvalue weighted by Crippen LogP contribution is -2.63. The lowest BCUT2D eigenvalue weighted by Gasteiger charge is -2.35. The van der Waals surface area contributed by atoms with Gasteiger partial charge in [-0.25, -0.2) is 4.79 Å². The fourth-order valence-electron chi connectivity index (χ4n) is 2.19. The number of carbonyl (C=O) groups is 1. The van der Waals surface area contributed by atoms with E-state index in [9.17, 15) is 39.6 Å². The second kappa shape index (κ2) is 6.72. The zero-order valence-corrected chi connectivity index (χ0v) is 14.4. The van der Waals surface area contributed by atoms with Crippen LogP contribution in [0.3, 0.4) is 0 Å². The molecular formula is C14H14F6O5S. The minimum absolute atomic E-state index is 0.0608. The Bertz CT molecular complexity index is 796. The van der Waals surface area contributed by atoms with Crippen LogP contribution in [-0.4, -0.2) is 42.6 Å². The Morgan fingerprint density at radius 2 is 1.50 bits per heavy atom. The zero-order chi connectivity index (χ0) is 20.7. The van der Waals surface area contributed by atoms with E-state index in [0.29, 0.717) is 11.1 Å². The first-order valence-electron chi connectivity index (χ1n) is 6.81. The molecule has 0 aromatic heterocycles. The molecule has 148 valence electrons. The van der Waals surface area contributed by atoms with Crippen molar-refractivity contribution in [2.75, 3.05) is 5.75 Å². The Kier molecular flexibility index (Phi) is 5.75. The van der Waals surface area contributed by atoms with Crippen molar-refractivity contribution in [1.82, 2.24) is 0 Å². The summed E-state index contributed by atoms with van der Waals surface area (Å²) in [5.41, 5.74) is -5.19. The molecule has 0 radical (unpaired) electrons. The molecule has 1 aromatic rings. The lowest BCUT2D eigenvalue weighted by atomic mass is 9.99. The molecule has 0 aliphatic carbocycles. The molecule has 0 saturated carbocycles. The molecule has 0 aliphatic rings. The third-order valence-electron chi connectivity index (χ3n) is 3.60. The first kappa shape index (κ1) is 22.2. The van der Waals surface area contributed by atoms with E-state index in [1.165, 1.54) is 26.8 Å². The number of halogens is 6. The number of hydrogen-bond acceptors (Lipinski definition) is 4. The van der Waals surface area contributed by atoms with Crippen LogP contribution in [0.15, 0.2) is 12.1 Å². The summed E-state index contributed by atoms with van der Waals surface area (Å²) < 4.78 is 113. The summed E-state index contributed by atoms with van der Waals surface area (Å²) >= 11 is 0. The van der Waals surface area contributed by atoms with Gasteiger partial charge >= 0.3 is 23.9 Å². The minimum atomic E-state index is -6.36. The molecule has 0 heterocycles. The number of carbonyl (C=O) groups excluding carboxylic acids is 1. The van der Waals surface area contributed by atoms with Crippen molar-refractivity contribution >= 4 is 16.1 Å². The predicted molar refractivity (Wildman–Crippen MR) is 77.3 cm³/mol. The van der Waals surface area contributed by atoms with Crippen LogP contribution in [-0.2, 0) is 14.9 Å². The van der Waals surface area contributed by atoms with Crippen LogP contribution in [0.4, 0.5) is 26.3 Å². The van der Waals surface area contributed by atoms with Crippen LogP contribution in [0.5, 0.6) is 0 Å². The van der Waals surface area contributed by atoms with E-state index < -0.39 is 45.4 Å². The summed E-state index contributed by atoms with van der Waals surface area (Å²) in [5.74, 6) is -4.93. The lowest BCUT2D eigenvalue weighted by molar-refractivity contribution is -0.356. The minimum Gasteiger partial charge on any atom is -0.435 e. The Balaban J connectivity index is 3.58. The first-order chi connectivity index (χ1) is 11.4. The number of esters is 1. The fraction of sp³-hybridized carbons (Fsp3) is 0.500. The van der Waals surface area contributed by atoms with Gasteiger partial charge in [-0.2, -0.15) is 34.8 Å². The Morgan fingerprint density at radius 1 is 1.04 bits per heavy atom. The molecule has 0 fully saturated rings. The van der Waals surface area contributed by atoms with Crippen molar-refractivity contribution in [3.63, 3.8) is 0 Å². The van der Waals surface area contributed by atoms with E-state index in [2.05, 4.69) is 4.74 Å². The molecule has 0 spiro atoms. The maximum Gasteiger partial charge on any atom is 0.438 e. The average Bonchev–Trinajstić information content (AvgIpc) is 2.37. The molecule has 1 aromatic carbocycles. The van der Waals surface area contributed by atoms with Gasteiger partial charge in [0, 0.05) is 0 Å². The van der Waals surface area contributed by atoms with Crippen molar-refractivity contribution in [2.45, 2.75) is 38.7 Å². The highest BCUT2D eigenvalue weighted by Gasteiger charge is 2.76. The monoisotopic (exact) mass is 408 g/mol. The van der Waals surface area contributed by atoms with Crippen molar-refractivity contribution in [3.05, 3.63) is 34.4 Å². The fourth-order valence-corrected chi connectivity index (χ4v) is 3.09. The summed E-state index contributed by atoms with van der Waals surface area (Å²) in [6.45, 7) is 4.19. The highest BCUT2D eigenvalue weighted by atomic mass is 32.2. The summed E-state index contributed by atoms with van der Waals surface area (Å²) in [6.07, 6.45) is -12.7. The van der Waals surface area contributed by atoms with Crippen LogP contribution < -0.4 is 0 Å². The maximum absolute atomic E-state index is 13.2. The summed E-state index contributed by atoms with van der Waals surface area (Å²) in [6, 6.07) is 2.54. The van der Waals surface area contributed by atoms with Gasteiger partial charge in [0.05, 0.1) is 5.56 Å². The Labute approximate surface area is 144 Å². The van der Waals surface area contributed by atoms with Gasteiger partial charge in [-0.3, -0.25) is 4.55 Å². The Morgan fingerprint density at radius 3 is 1.88 bits per heavy atom. The number of alkyl halides is 6. The second-order valence-corrected chi connectivity index (χ2v) is 7.15. The van der Waals surface area contributed by atoms with Crippen LogP contribution in [0.1, 0.15) is 27.0 Å². The van der Waals surface area contributed by atoms with Crippen molar-refractivity contribution in [1.29, 1.82) is 0 Å². The van der Waals surface area contributed by atoms with Gasteiger partial charge in [-0.05, 0) is 43.5 Å². The van der Waals surface area contributed by atoms with E-state index in [1.54, 1.807) is 0 Å². The summed E-state index contributed by atoms with van der Waals surface area (Å²) in [4.78, 5) is 12.1. The van der Waals surface area contributed by atoms with Crippen LogP contribution >= 0.6 is 0 Å². The summed E-state index contributed by atoms with van der Waals surface area (Å²) in [7, 11) is -5.82. The molecule has 12 heteroatoms. The first-order valence-corrected chi connectivity index (χ1v) is 8.42. The number of ether oxygens (including phenoxy) is 1.